The molecule has 4 nitrogen and oxygen atoms in total. The summed E-state index contributed by atoms with van der Waals surface area (Å²) in [4.78, 5) is 2.33. The summed E-state index contributed by atoms with van der Waals surface area (Å²) in [7, 11) is 2.16. The van der Waals surface area contributed by atoms with Crippen LogP contribution < -0.4 is 5.32 Å². The predicted octanol–water partition coefficient (Wildman–Crippen LogP) is 0.333. The van der Waals surface area contributed by atoms with E-state index in [0.29, 0.717) is 12.0 Å². The van der Waals surface area contributed by atoms with Crippen molar-refractivity contribution in [1.29, 1.82) is 0 Å². The van der Waals surface area contributed by atoms with E-state index < -0.39 is 0 Å². The fraction of sp³-hybridized carbons (Fsp3) is 1.00. The second-order valence-corrected chi connectivity index (χ2v) is 5.00. The number of hydrogen-bond donors (Lipinski definition) is 1. The van der Waals surface area contributed by atoms with Crippen molar-refractivity contribution in [2.45, 2.75) is 18.9 Å². The summed E-state index contributed by atoms with van der Waals surface area (Å²) in [5.41, 5.74) is 0. The molecule has 94 valence electrons. The van der Waals surface area contributed by atoms with Gasteiger partial charge in [0.25, 0.3) is 0 Å². The van der Waals surface area contributed by atoms with Crippen LogP contribution in [0.2, 0.25) is 0 Å². The van der Waals surface area contributed by atoms with Crippen LogP contribution in [0.3, 0.4) is 0 Å². The first kappa shape index (κ1) is 12.3. The van der Waals surface area contributed by atoms with E-state index in [-0.39, 0.29) is 0 Å². The molecule has 2 heterocycles. The van der Waals surface area contributed by atoms with Gasteiger partial charge in [0.2, 0.25) is 0 Å². The summed E-state index contributed by atoms with van der Waals surface area (Å²) in [6, 6.07) is 0. The Kier molecular flexibility index (Phi) is 5.03. The highest BCUT2D eigenvalue weighted by atomic mass is 16.5. The Labute approximate surface area is 98.3 Å². The van der Waals surface area contributed by atoms with E-state index in [1.807, 2.05) is 0 Å². The third kappa shape index (κ3) is 4.01. The van der Waals surface area contributed by atoms with Gasteiger partial charge in [-0.2, -0.15) is 0 Å². The Bertz CT molecular complexity index is 195. The summed E-state index contributed by atoms with van der Waals surface area (Å²) in [5, 5.41) is 3.51. The SMILES string of the molecule is CN1CCOC(CNCC2CCCOC2)C1. The maximum absolute atomic E-state index is 5.70. The lowest BCUT2D eigenvalue weighted by molar-refractivity contribution is -0.0196. The first-order valence-corrected chi connectivity index (χ1v) is 6.43. The molecule has 2 rings (SSSR count). The van der Waals surface area contributed by atoms with Crippen molar-refractivity contribution in [3.05, 3.63) is 0 Å². The number of ether oxygens (including phenoxy) is 2. The van der Waals surface area contributed by atoms with Crippen molar-refractivity contribution in [2.75, 3.05) is 53.0 Å². The minimum absolute atomic E-state index is 0.364. The summed E-state index contributed by atoms with van der Waals surface area (Å²) >= 11 is 0. The Hall–Kier alpha value is -0.160. The van der Waals surface area contributed by atoms with Crippen LogP contribution in [0.25, 0.3) is 0 Å². The number of morpholine rings is 1. The first-order chi connectivity index (χ1) is 7.84. The van der Waals surface area contributed by atoms with Crippen molar-refractivity contribution in [1.82, 2.24) is 10.2 Å². The van der Waals surface area contributed by atoms with Gasteiger partial charge in [-0.15, -0.1) is 0 Å². The lowest BCUT2D eigenvalue weighted by atomic mass is 10.0. The van der Waals surface area contributed by atoms with Crippen LogP contribution in [0.15, 0.2) is 0 Å². The maximum Gasteiger partial charge on any atom is 0.0826 e. The highest BCUT2D eigenvalue weighted by molar-refractivity contribution is 4.73. The van der Waals surface area contributed by atoms with Crippen LogP contribution in [0.1, 0.15) is 12.8 Å². The molecule has 0 aromatic carbocycles. The van der Waals surface area contributed by atoms with Crippen molar-refractivity contribution in [3.8, 4) is 0 Å². The Morgan fingerprint density at radius 3 is 3.00 bits per heavy atom. The fourth-order valence-corrected chi connectivity index (χ4v) is 2.41. The standard InChI is InChI=1S/C12H24N2O2/c1-14-4-6-16-12(9-14)8-13-7-11-3-2-5-15-10-11/h11-13H,2-10H2,1H3. The predicted molar refractivity (Wildman–Crippen MR) is 63.6 cm³/mol. The van der Waals surface area contributed by atoms with Crippen molar-refractivity contribution >= 4 is 0 Å². The van der Waals surface area contributed by atoms with Crippen LogP contribution in [0, 0.1) is 5.92 Å². The monoisotopic (exact) mass is 228 g/mol. The van der Waals surface area contributed by atoms with Gasteiger partial charge in [0.05, 0.1) is 19.3 Å². The Morgan fingerprint density at radius 2 is 2.25 bits per heavy atom. The minimum Gasteiger partial charge on any atom is -0.381 e. The molecule has 0 radical (unpaired) electrons. The molecule has 2 aliphatic heterocycles. The first-order valence-electron chi connectivity index (χ1n) is 6.43. The van der Waals surface area contributed by atoms with Gasteiger partial charge in [-0.3, -0.25) is 0 Å². The average molecular weight is 228 g/mol. The topological polar surface area (TPSA) is 33.7 Å². The molecule has 0 aromatic rings. The van der Waals surface area contributed by atoms with Crippen molar-refractivity contribution in [2.24, 2.45) is 5.92 Å². The zero-order valence-electron chi connectivity index (χ0n) is 10.3. The molecular formula is C12H24N2O2. The molecule has 1 N–H and O–H groups in total. The summed E-state index contributed by atoms with van der Waals surface area (Å²) in [6.07, 6.45) is 2.89. The van der Waals surface area contributed by atoms with Crippen LogP contribution in [0.5, 0.6) is 0 Å². The Balaban J connectivity index is 1.56. The van der Waals surface area contributed by atoms with E-state index in [1.54, 1.807) is 0 Å². The quantitative estimate of drug-likeness (QED) is 0.752. The largest absolute Gasteiger partial charge is 0.381 e. The molecule has 2 fully saturated rings. The van der Waals surface area contributed by atoms with Gasteiger partial charge in [0.15, 0.2) is 0 Å². The van der Waals surface area contributed by atoms with Gasteiger partial charge in [-0.05, 0) is 25.8 Å². The lowest BCUT2D eigenvalue weighted by Gasteiger charge is -2.31. The molecular weight excluding hydrogens is 204 g/mol. The number of nitrogens with one attached hydrogen (secondary N) is 1. The summed E-state index contributed by atoms with van der Waals surface area (Å²) in [5.74, 6) is 0.704. The number of hydrogen-bond acceptors (Lipinski definition) is 4. The Morgan fingerprint density at radius 1 is 1.31 bits per heavy atom. The fourth-order valence-electron chi connectivity index (χ4n) is 2.41. The normalized spacial score (nSPS) is 32.8. The molecule has 0 amide bonds. The number of likely N-dealkylation sites (N-methyl/N-ethyl adjacent to an activating group) is 1. The molecule has 0 bridgehead atoms. The van der Waals surface area contributed by atoms with Gasteiger partial charge < -0.3 is 19.7 Å². The summed E-state index contributed by atoms with van der Waals surface area (Å²) < 4.78 is 11.2. The van der Waals surface area contributed by atoms with Gasteiger partial charge in [-0.1, -0.05) is 0 Å². The molecule has 0 aromatic heterocycles. The van der Waals surface area contributed by atoms with E-state index in [0.717, 1.165) is 46.0 Å². The number of rotatable bonds is 4. The molecule has 2 saturated heterocycles. The highest BCUT2D eigenvalue weighted by Crippen LogP contribution is 2.12. The third-order valence-electron chi connectivity index (χ3n) is 3.40. The molecule has 2 unspecified atom stereocenters. The molecule has 0 saturated carbocycles. The molecule has 4 heteroatoms. The molecule has 16 heavy (non-hydrogen) atoms. The molecule has 2 atom stereocenters. The highest BCUT2D eigenvalue weighted by Gasteiger charge is 2.18. The van der Waals surface area contributed by atoms with Crippen LogP contribution >= 0.6 is 0 Å². The van der Waals surface area contributed by atoms with E-state index >= 15 is 0 Å². The zero-order valence-corrected chi connectivity index (χ0v) is 10.3. The van der Waals surface area contributed by atoms with Gasteiger partial charge in [-0.25, -0.2) is 0 Å². The van der Waals surface area contributed by atoms with E-state index in [1.165, 1.54) is 12.8 Å². The zero-order chi connectivity index (χ0) is 11.2. The van der Waals surface area contributed by atoms with Crippen molar-refractivity contribution < 1.29 is 9.47 Å². The van der Waals surface area contributed by atoms with E-state index in [4.69, 9.17) is 9.47 Å². The second kappa shape index (κ2) is 6.55. The van der Waals surface area contributed by atoms with Crippen molar-refractivity contribution in [3.63, 3.8) is 0 Å². The van der Waals surface area contributed by atoms with Crippen LogP contribution in [0.4, 0.5) is 0 Å². The number of nitrogens with zero attached hydrogens (tertiary/aromatic N) is 1. The summed E-state index contributed by atoms with van der Waals surface area (Å²) in [6.45, 7) is 6.91. The molecule has 2 aliphatic rings. The van der Waals surface area contributed by atoms with Gasteiger partial charge in [0, 0.05) is 32.8 Å². The minimum atomic E-state index is 0.364. The van der Waals surface area contributed by atoms with Crippen LogP contribution in [-0.4, -0.2) is 64.1 Å². The third-order valence-corrected chi connectivity index (χ3v) is 3.40. The van der Waals surface area contributed by atoms with Crippen LogP contribution in [-0.2, 0) is 9.47 Å². The van der Waals surface area contributed by atoms with Gasteiger partial charge >= 0.3 is 0 Å². The lowest BCUT2D eigenvalue weighted by Crippen LogP contribution is -2.45. The smallest absolute Gasteiger partial charge is 0.0826 e. The maximum atomic E-state index is 5.70. The average Bonchev–Trinajstić information content (AvgIpc) is 2.30. The molecule has 0 aliphatic carbocycles. The van der Waals surface area contributed by atoms with E-state index in [2.05, 4.69) is 17.3 Å². The second-order valence-electron chi connectivity index (χ2n) is 5.00. The van der Waals surface area contributed by atoms with Gasteiger partial charge in [0.1, 0.15) is 0 Å². The van der Waals surface area contributed by atoms with E-state index in [9.17, 15) is 0 Å². The molecule has 0 spiro atoms.